The van der Waals surface area contributed by atoms with Crippen LogP contribution in [-0.4, -0.2) is 30.2 Å². The van der Waals surface area contributed by atoms with Gasteiger partial charge in [-0.3, -0.25) is 18.6 Å². The summed E-state index contributed by atoms with van der Waals surface area (Å²) in [6.07, 6.45) is 0. The normalized spacial score (nSPS) is 14.0. The highest BCUT2D eigenvalue weighted by Crippen LogP contribution is 2.33. The minimum atomic E-state index is -3.97. The van der Waals surface area contributed by atoms with Crippen LogP contribution in [-0.2, 0) is 21.9 Å². The van der Waals surface area contributed by atoms with E-state index in [1.165, 1.54) is 16.8 Å². The summed E-state index contributed by atoms with van der Waals surface area (Å²) < 4.78 is 31.0. The van der Waals surface area contributed by atoms with E-state index in [1.807, 2.05) is 20.8 Å². The Morgan fingerprint density at radius 2 is 1.65 bits per heavy atom. The van der Waals surface area contributed by atoms with Gasteiger partial charge in [0.05, 0.1) is 22.0 Å². The van der Waals surface area contributed by atoms with Gasteiger partial charge in [0, 0.05) is 18.3 Å². The molecular formula is C22H24N4O4S. The van der Waals surface area contributed by atoms with Crippen LogP contribution in [0.15, 0.2) is 58.2 Å². The van der Waals surface area contributed by atoms with Crippen LogP contribution in [0.2, 0.25) is 0 Å². The molecule has 1 aliphatic rings. The van der Waals surface area contributed by atoms with Crippen molar-refractivity contribution < 1.29 is 13.2 Å². The molecule has 0 radical (unpaired) electrons. The molecule has 0 unspecified atom stereocenters. The first kappa shape index (κ1) is 20.9. The maximum atomic E-state index is 13.3. The fourth-order valence-corrected chi connectivity index (χ4v) is 5.43. The molecule has 3 aromatic rings. The van der Waals surface area contributed by atoms with Gasteiger partial charge in [-0.15, -0.1) is 0 Å². The van der Waals surface area contributed by atoms with E-state index in [4.69, 9.17) is 0 Å². The average Bonchev–Trinajstić information content (AvgIpc) is 2.95. The SMILES string of the molecule is Cc1c(C(C)C)c(=O)n(-c2ccc(S(=O)(=O)N3CC(=O)Nc4ccccc43)cc2)n1C. The smallest absolute Gasteiger partial charge is 0.275 e. The molecule has 0 saturated carbocycles. The second kappa shape index (κ2) is 7.42. The molecule has 31 heavy (non-hydrogen) atoms. The predicted octanol–water partition coefficient (Wildman–Crippen LogP) is 2.76. The largest absolute Gasteiger partial charge is 0.323 e. The van der Waals surface area contributed by atoms with Crippen molar-refractivity contribution in [2.24, 2.45) is 7.05 Å². The number of carbonyl (C=O) groups excluding carboxylic acids is 1. The number of nitrogens with one attached hydrogen (secondary N) is 1. The van der Waals surface area contributed by atoms with E-state index in [9.17, 15) is 18.0 Å². The molecule has 2 heterocycles. The van der Waals surface area contributed by atoms with Gasteiger partial charge in [0.1, 0.15) is 6.54 Å². The molecule has 0 atom stereocenters. The van der Waals surface area contributed by atoms with Crippen molar-refractivity contribution in [1.82, 2.24) is 9.36 Å². The highest BCUT2D eigenvalue weighted by atomic mass is 32.2. The standard InChI is InChI=1S/C22H24N4O4S/c1-14(2)21-15(3)24(4)26(22(21)28)16-9-11-17(12-10-16)31(29,30)25-13-20(27)23-18-7-5-6-8-19(18)25/h5-12,14H,13H2,1-4H3,(H,23,27). The minimum Gasteiger partial charge on any atom is -0.323 e. The summed E-state index contributed by atoms with van der Waals surface area (Å²) in [6.45, 7) is 5.53. The molecule has 1 aromatic heterocycles. The minimum absolute atomic E-state index is 0.0452. The summed E-state index contributed by atoms with van der Waals surface area (Å²) in [7, 11) is -2.16. The van der Waals surface area contributed by atoms with Gasteiger partial charge in [-0.1, -0.05) is 26.0 Å². The zero-order valence-corrected chi connectivity index (χ0v) is 18.6. The highest BCUT2D eigenvalue weighted by molar-refractivity contribution is 7.92. The summed E-state index contributed by atoms with van der Waals surface area (Å²) in [5.41, 5.74) is 2.92. The Kier molecular flexibility index (Phi) is 5.01. The van der Waals surface area contributed by atoms with Gasteiger partial charge >= 0.3 is 0 Å². The van der Waals surface area contributed by atoms with Gasteiger partial charge in [0.2, 0.25) is 5.91 Å². The molecule has 8 nitrogen and oxygen atoms in total. The Bertz CT molecular complexity index is 1330. The number of carbonyl (C=O) groups is 1. The van der Waals surface area contributed by atoms with E-state index < -0.39 is 15.9 Å². The lowest BCUT2D eigenvalue weighted by Gasteiger charge is -2.30. The van der Waals surface area contributed by atoms with Crippen molar-refractivity contribution >= 4 is 27.3 Å². The molecule has 0 saturated heterocycles. The Balaban J connectivity index is 1.76. The Labute approximate surface area is 180 Å². The van der Waals surface area contributed by atoms with Gasteiger partial charge in [0.15, 0.2) is 0 Å². The molecule has 0 aliphatic carbocycles. The molecule has 0 fully saturated rings. The number of benzene rings is 2. The third-order valence-corrected chi connectivity index (χ3v) is 7.35. The lowest BCUT2D eigenvalue weighted by Crippen LogP contribution is -2.42. The molecule has 1 aliphatic heterocycles. The van der Waals surface area contributed by atoms with Crippen molar-refractivity contribution in [3.05, 3.63) is 70.1 Å². The van der Waals surface area contributed by atoms with Gasteiger partial charge in [0.25, 0.3) is 15.6 Å². The molecule has 162 valence electrons. The molecular weight excluding hydrogens is 416 g/mol. The lowest BCUT2D eigenvalue weighted by atomic mass is 10.0. The fourth-order valence-electron chi connectivity index (χ4n) is 3.99. The Hall–Kier alpha value is -3.33. The second-order valence-electron chi connectivity index (χ2n) is 7.87. The first-order chi connectivity index (χ1) is 14.6. The number of fused-ring (bicyclic) bond motifs is 1. The maximum absolute atomic E-state index is 13.3. The van der Waals surface area contributed by atoms with Crippen molar-refractivity contribution in [3.63, 3.8) is 0 Å². The number of anilines is 2. The number of nitrogens with zero attached hydrogens (tertiary/aromatic N) is 3. The van der Waals surface area contributed by atoms with Gasteiger partial charge in [-0.25, -0.2) is 13.1 Å². The summed E-state index contributed by atoms with van der Waals surface area (Å²) in [4.78, 5) is 25.0. The van der Waals surface area contributed by atoms with E-state index >= 15 is 0 Å². The third kappa shape index (κ3) is 3.34. The van der Waals surface area contributed by atoms with Gasteiger partial charge in [-0.2, -0.15) is 0 Å². The van der Waals surface area contributed by atoms with Crippen LogP contribution in [0.5, 0.6) is 0 Å². The molecule has 1 amide bonds. The van der Waals surface area contributed by atoms with Gasteiger partial charge < -0.3 is 5.32 Å². The Morgan fingerprint density at radius 3 is 2.26 bits per heavy atom. The summed E-state index contributed by atoms with van der Waals surface area (Å²) in [5, 5.41) is 2.69. The van der Waals surface area contributed by atoms with Crippen LogP contribution in [0.3, 0.4) is 0 Å². The lowest BCUT2D eigenvalue weighted by molar-refractivity contribution is -0.115. The number of hydrogen-bond acceptors (Lipinski definition) is 4. The molecule has 2 aromatic carbocycles. The number of rotatable bonds is 4. The number of sulfonamides is 1. The number of hydrogen-bond donors (Lipinski definition) is 1. The fraction of sp³-hybridized carbons (Fsp3) is 0.273. The van der Waals surface area contributed by atoms with E-state index in [0.717, 1.165) is 15.6 Å². The predicted molar refractivity (Wildman–Crippen MR) is 119 cm³/mol. The number of para-hydroxylation sites is 2. The topological polar surface area (TPSA) is 93.4 Å². The molecule has 9 heteroatoms. The average molecular weight is 441 g/mol. The quantitative estimate of drug-likeness (QED) is 0.675. The van der Waals surface area contributed by atoms with Crippen molar-refractivity contribution in [1.29, 1.82) is 0 Å². The monoisotopic (exact) mass is 440 g/mol. The van der Waals surface area contributed by atoms with Crippen LogP contribution in [0.1, 0.15) is 31.0 Å². The van der Waals surface area contributed by atoms with Crippen molar-refractivity contribution in [2.45, 2.75) is 31.6 Å². The highest BCUT2D eigenvalue weighted by Gasteiger charge is 2.32. The van der Waals surface area contributed by atoms with Crippen LogP contribution < -0.4 is 15.2 Å². The zero-order chi connectivity index (χ0) is 22.5. The molecule has 1 N–H and O–H groups in total. The summed E-state index contributed by atoms with van der Waals surface area (Å²) in [5.74, 6) is -0.323. The Morgan fingerprint density at radius 1 is 1.00 bits per heavy atom. The third-order valence-electron chi connectivity index (χ3n) is 5.58. The van der Waals surface area contributed by atoms with E-state index in [1.54, 1.807) is 48.1 Å². The number of amides is 1. The summed E-state index contributed by atoms with van der Waals surface area (Å²) >= 11 is 0. The van der Waals surface area contributed by atoms with Crippen LogP contribution in [0, 0.1) is 6.92 Å². The first-order valence-electron chi connectivity index (χ1n) is 9.93. The van der Waals surface area contributed by atoms with Crippen LogP contribution >= 0.6 is 0 Å². The van der Waals surface area contributed by atoms with Crippen molar-refractivity contribution in [3.8, 4) is 5.69 Å². The second-order valence-corrected chi connectivity index (χ2v) is 9.73. The molecule has 0 bridgehead atoms. The zero-order valence-electron chi connectivity index (χ0n) is 17.8. The maximum Gasteiger partial charge on any atom is 0.275 e. The molecule has 4 rings (SSSR count). The first-order valence-corrected chi connectivity index (χ1v) is 11.4. The summed E-state index contributed by atoms with van der Waals surface area (Å²) in [6, 6.07) is 12.9. The molecule has 0 spiro atoms. The van der Waals surface area contributed by atoms with E-state index in [-0.39, 0.29) is 22.9 Å². The van der Waals surface area contributed by atoms with Crippen LogP contribution in [0.4, 0.5) is 11.4 Å². The van der Waals surface area contributed by atoms with Crippen LogP contribution in [0.25, 0.3) is 5.69 Å². The number of aromatic nitrogens is 2. The van der Waals surface area contributed by atoms with Gasteiger partial charge in [-0.05, 0) is 49.2 Å². The van der Waals surface area contributed by atoms with Crippen molar-refractivity contribution in [2.75, 3.05) is 16.2 Å². The van der Waals surface area contributed by atoms with E-state index in [0.29, 0.717) is 17.1 Å². The van der Waals surface area contributed by atoms with E-state index in [2.05, 4.69) is 5.32 Å².